The number of rotatable bonds is 4. The topological polar surface area (TPSA) is 90.2 Å². The van der Waals surface area contributed by atoms with Crippen LogP contribution in [0.25, 0.3) is 6.08 Å². The number of nitriles is 1. The van der Waals surface area contributed by atoms with E-state index in [1.54, 1.807) is 24.3 Å². The van der Waals surface area contributed by atoms with Gasteiger partial charge in [-0.05, 0) is 48.0 Å². The second-order valence-corrected chi connectivity index (χ2v) is 5.00. The van der Waals surface area contributed by atoms with Crippen molar-refractivity contribution in [2.45, 2.75) is 0 Å². The fourth-order valence-electron chi connectivity index (χ4n) is 1.81. The lowest BCUT2D eigenvalue weighted by Crippen LogP contribution is -2.13. The molecule has 1 amide bonds. The summed E-state index contributed by atoms with van der Waals surface area (Å²) in [6, 6.07) is 14.2. The van der Waals surface area contributed by atoms with Gasteiger partial charge in [0.05, 0.1) is 5.56 Å². The van der Waals surface area contributed by atoms with Crippen LogP contribution in [-0.2, 0) is 4.79 Å². The Morgan fingerprint density at radius 2 is 1.87 bits per heavy atom. The van der Waals surface area contributed by atoms with Crippen LogP contribution in [0.15, 0.2) is 54.1 Å². The van der Waals surface area contributed by atoms with Crippen LogP contribution in [-0.4, -0.2) is 17.0 Å². The molecule has 2 N–H and O–H groups in total. The van der Waals surface area contributed by atoms with E-state index in [1.165, 1.54) is 30.3 Å². The van der Waals surface area contributed by atoms with Gasteiger partial charge in [-0.3, -0.25) is 4.79 Å². The summed E-state index contributed by atoms with van der Waals surface area (Å²) < 4.78 is 0. The average molecular weight is 327 g/mol. The molecule has 114 valence electrons. The summed E-state index contributed by atoms with van der Waals surface area (Å²) >= 11 is 5.86. The predicted octanol–water partition coefficient (Wildman–Crippen LogP) is 3.58. The minimum atomic E-state index is -1.05. The molecule has 0 aliphatic heterocycles. The van der Waals surface area contributed by atoms with Crippen LogP contribution in [0.1, 0.15) is 15.9 Å². The third-order valence-corrected chi connectivity index (χ3v) is 3.15. The molecule has 0 bridgehead atoms. The first-order chi connectivity index (χ1) is 11.0. The molecule has 2 aromatic carbocycles. The van der Waals surface area contributed by atoms with Crippen LogP contribution in [0, 0.1) is 11.3 Å². The van der Waals surface area contributed by atoms with Crippen LogP contribution in [0.4, 0.5) is 5.69 Å². The first-order valence-corrected chi connectivity index (χ1v) is 6.89. The third kappa shape index (κ3) is 4.43. The molecular formula is C17H11ClN2O3. The van der Waals surface area contributed by atoms with Gasteiger partial charge in [-0.25, -0.2) is 4.79 Å². The number of carboxylic acids is 1. The summed E-state index contributed by atoms with van der Waals surface area (Å²) in [6.07, 6.45) is 1.42. The van der Waals surface area contributed by atoms with Gasteiger partial charge in [-0.15, -0.1) is 0 Å². The molecule has 0 heterocycles. The van der Waals surface area contributed by atoms with Gasteiger partial charge in [0.25, 0.3) is 5.91 Å². The van der Waals surface area contributed by atoms with Crippen LogP contribution in [0.5, 0.6) is 0 Å². The SMILES string of the molecule is N#C/C(=C\c1cccc(Cl)c1)C(=O)Nc1ccc(C(=O)O)cc1. The quantitative estimate of drug-likeness (QED) is 0.663. The number of hydrogen-bond donors (Lipinski definition) is 2. The summed E-state index contributed by atoms with van der Waals surface area (Å²) in [5, 5.41) is 21.0. The van der Waals surface area contributed by atoms with Crippen molar-refractivity contribution >= 4 is 35.2 Å². The van der Waals surface area contributed by atoms with E-state index in [2.05, 4.69) is 5.32 Å². The van der Waals surface area contributed by atoms with Gasteiger partial charge >= 0.3 is 5.97 Å². The van der Waals surface area contributed by atoms with E-state index in [4.69, 9.17) is 22.0 Å². The molecule has 0 saturated heterocycles. The van der Waals surface area contributed by atoms with Crippen LogP contribution in [0.3, 0.4) is 0 Å². The standard InChI is InChI=1S/C17H11ClN2O3/c18-14-3-1-2-11(9-14)8-13(10-19)16(21)20-15-6-4-12(5-7-15)17(22)23/h1-9H,(H,20,21)(H,22,23)/b13-8+. The van der Waals surface area contributed by atoms with Gasteiger partial charge in [-0.2, -0.15) is 5.26 Å². The normalized spacial score (nSPS) is 10.7. The van der Waals surface area contributed by atoms with Crippen molar-refractivity contribution in [1.29, 1.82) is 5.26 Å². The van der Waals surface area contributed by atoms with Gasteiger partial charge in [0.15, 0.2) is 0 Å². The number of anilines is 1. The van der Waals surface area contributed by atoms with Gasteiger partial charge in [0.2, 0.25) is 0 Å². The van der Waals surface area contributed by atoms with Crippen molar-refractivity contribution in [1.82, 2.24) is 0 Å². The highest BCUT2D eigenvalue weighted by atomic mass is 35.5. The Labute approximate surface area is 137 Å². The zero-order valence-corrected chi connectivity index (χ0v) is 12.5. The lowest BCUT2D eigenvalue weighted by Gasteiger charge is -2.05. The largest absolute Gasteiger partial charge is 0.478 e. The zero-order chi connectivity index (χ0) is 16.8. The maximum atomic E-state index is 12.1. The van der Waals surface area contributed by atoms with E-state index in [-0.39, 0.29) is 11.1 Å². The second kappa shape index (κ2) is 7.25. The van der Waals surface area contributed by atoms with E-state index in [9.17, 15) is 9.59 Å². The molecule has 23 heavy (non-hydrogen) atoms. The fourth-order valence-corrected chi connectivity index (χ4v) is 2.00. The van der Waals surface area contributed by atoms with Crippen molar-refractivity contribution in [2.75, 3.05) is 5.32 Å². The minimum Gasteiger partial charge on any atom is -0.478 e. The third-order valence-electron chi connectivity index (χ3n) is 2.91. The van der Waals surface area contributed by atoms with Crippen LogP contribution < -0.4 is 5.32 Å². The van der Waals surface area contributed by atoms with Crippen molar-refractivity contribution < 1.29 is 14.7 Å². The highest BCUT2D eigenvalue weighted by Crippen LogP contribution is 2.15. The minimum absolute atomic E-state index is 0.0884. The molecule has 0 radical (unpaired) electrons. The average Bonchev–Trinajstić information content (AvgIpc) is 2.53. The number of halogens is 1. The number of carbonyl (C=O) groups excluding carboxylic acids is 1. The highest BCUT2D eigenvalue weighted by molar-refractivity contribution is 6.30. The predicted molar refractivity (Wildman–Crippen MR) is 87.1 cm³/mol. The molecule has 2 aromatic rings. The summed E-state index contributed by atoms with van der Waals surface area (Å²) in [4.78, 5) is 22.9. The molecule has 0 aliphatic rings. The first-order valence-electron chi connectivity index (χ1n) is 6.51. The molecule has 5 nitrogen and oxygen atoms in total. The van der Waals surface area contributed by atoms with Gasteiger partial charge in [0.1, 0.15) is 11.6 Å². The Morgan fingerprint density at radius 3 is 2.43 bits per heavy atom. The van der Waals surface area contributed by atoms with Gasteiger partial charge < -0.3 is 10.4 Å². The Hall–Kier alpha value is -3.10. The van der Waals surface area contributed by atoms with Gasteiger partial charge in [0, 0.05) is 10.7 Å². The number of amides is 1. The number of nitrogens with zero attached hydrogens (tertiary/aromatic N) is 1. The van der Waals surface area contributed by atoms with E-state index >= 15 is 0 Å². The Morgan fingerprint density at radius 1 is 1.17 bits per heavy atom. The number of benzene rings is 2. The number of nitrogens with one attached hydrogen (secondary N) is 1. The summed E-state index contributed by atoms with van der Waals surface area (Å²) in [5.41, 5.74) is 1.05. The van der Waals surface area contributed by atoms with Crippen molar-refractivity contribution in [3.8, 4) is 6.07 Å². The van der Waals surface area contributed by atoms with E-state index in [0.717, 1.165) is 0 Å². The van der Waals surface area contributed by atoms with E-state index in [1.807, 2.05) is 6.07 Å². The Kier molecular flexibility index (Phi) is 5.13. The smallest absolute Gasteiger partial charge is 0.335 e. The zero-order valence-electron chi connectivity index (χ0n) is 11.8. The van der Waals surface area contributed by atoms with Gasteiger partial charge in [-0.1, -0.05) is 23.7 Å². The number of aromatic carboxylic acids is 1. The van der Waals surface area contributed by atoms with Crippen LogP contribution >= 0.6 is 11.6 Å². The summed E-state index contributed by atoms with van der Waals surface area (Å²) in [6.45, 7) is 0. The summed E-state index contributed by atoms with van der Waals surface area (Å²) in [7, 11) is 0. The molecule has 0 fully saturated rings. The van der Waals surface area contributed by atoms with E-state index in [0.29, 0.717) is 16.3 Å². The number of carboxylic acid groups (broad SMARTS) is 1. The van der Waals surface area contributed by atoms with Crippen molar-refractivity contribution in [3.05, 3.63) is 70.3 Å². The van der Waals surface area contributed by atoms with Crippen molar-refractivity contribution in [3.63, 3.8) is 0 Å². The molecule has 2 rings (SSSR count). The molecule has 0 atom stereocenters. The molecule has 0 saturated carbocycles. The molecule has 6 heteroatoms. The molecule has 0 unspecified atom stereocenters. The molecule has 0 aromatic heterocycles. The first kappa shape index (κ1) is 16.3. The molecular weight excluding hydrogens is 316 g/mol. The Balaban J connectivity index is 2.17. The molecule has 0 aliphatic carbocycles. The molecule has 0 spiro atoms. The van der Waals surface area contributed by atoms with Crippen molar-refractivity contribution in [2.24, 2.45) is 0 Å². The van der Waals surface area contributed by atoms with E-state index < -0.39 is 11.9 Å². The lowest BCUT2D eigenvalue weighted by molar-refractivity contribution is -0.112. The monoisotopic (exact) mass is 326 g/mol. The highest BCUT2D eigenvalue weighted by Gasteiger charge is 2.10. The summed E-state index contributed by atoms with van der Waals surface area (Å²) in [5.74, 6) is -1.64. The van der Waals surface area contributed by atoms with Crippen LogP contribution in [0.2, 0.25) is 5.02 Å². The lowest BCUT2D eigenvalue weighted by atomic mass is 10.1. The number of carbonyl (C=O) groups is 2. The number of hydrogen-bond acceptors (Lipinski definition) is 3. The second-order valence-electron chi connectivity index (χ2n) is 4.56. The maximum Gasteiger partial charge on any atom is 0.335 e. The Bertz CT molecular complexity index is 820. The fraction of sp³-hybridized carbons (Fsp3) is 0. The maximum absolute atomic E-state index is 12.1.